The average Bonchev–Trinajstić information content (AvgIpc) is 3.99. The molecule has 0 radical (unpaired) electrons. The van der Waals surface area contributed by atoms with E-state index in [2.05, 4.69) is 69.2 Å². The van der Waals surface area contributed by atoms with Crippen LogP contribution in [0.3, 0.4) is 0 Å². The molecule has 2 amide bonds. The molecule has 4 aromatic heterocycles. The molecular formula is C40H48N18O2. The minimum Gasteiger partial charge on any atom is -0.365 e. The normalized spacial score (nSPS) is 19.1. The lowest BCUT2D eigenvalue weighted by Crippen LogP contribution is -2.58. The number of nitrogens with two attached hydrogens (primary N) is 2. The van der Waals surface area contributed by atoms with Crippen LogP contribution in [0.5, 0.6) is 0 Å². The molecular weight excluding hydrogens is 765 g/mol. The quantitative estimate of drug-likeness (QED) is 0.0646. The highest BCUT2D eigenvalue weighted by Crippen LogP contribution is 2.27. The number of nitrogens with one attached hydrogen (secondary N) is 6. The maximum absolute atomic E-state index is 12.4. The molecule has 0 bridgehead atoms. The Balaban J connectivity index is 0.921. The van der Waals surface area contributed by atoms with E-state index in [9.17, 15) is 9.59 Å². The Morgan fingerprint density at radius 3 is 1.42 bits per heavy atom. The lowest BCUT2D eigenvalue weighted by molar-refractivity contribution is 0.0992. The zero-order valence-electron chi connectivity index (χ0n) is 33.1. The topological polar surface area (TPSA) is 271 Å². The Bertz CT molecular complexity index is 2220. The second-order valence-electron chi connectivity index (χ2n) is 15.0. The first-order chi connectivity index (χ1) is 29.3. The van der Waals surface area contributed by atoms with E-state index >= 15 is 0 Å². The van der Waals surface area contributed by atoms with Crippen molar-refractivity contribution in [2.75, 3.05) is 21.3 Å². The van der Waals surface area contributed by atoms with Crippen molar-refractivity contribution in [3.05, 3.63) is 96.8 Å². The highest BCUT2D eigenvalue weighted by atomic mass is 16.1. The van der Waals surface area contributed by atoms with E-state index in [1.165, 1.54) is 22.0 Å². The largest absolute Gasteiger partial charge is 0.365 e. The van der Waals surface area contributed by atoms with Crippen LogP contribution in [0.1, 0.15) is 79.0 Å². The molecule has 4 heterocycles. The van der Waals surface area contributed by atoms with Crippen LogP contribution in [0.2, 0.25) is 0 Å². The van der Waals surface area contributed by atoms with Gasteiger partial charge in [-0.1, -0.05) is 37.8 Å². The number of benzene rings is 2. The zero-order valence-corrected chi connectivity index (χ0v) is 33.1. The summed E-state index contributed by atoms with van der Waals surface area (Å²) in [6, 6.07) is 15.2. The summed E-state index contributed by atoms with van der Waals surface area (Å²) in [6.07, 6.45) is 17.3. The lowest BCUT2D eigenvalue weighted by Gasteiger charge is -2.38. The summed E-state index contributed by atoms with van der Waals surface area (Å²) < 4.78 is 0. The van der Waals surface area contributed by atoms with E-state index in [4.69, 9.17) is 21.4 Å². The molecule has 0 aliphatic heterocycles. The number of hydrogen-bond acceptors (Lipinski definition) is 16. The highest BCUT2D eigenvalue weighted by molar-refractivity contribution is 5.98. The number of rotatable bonds is 16. The van der Waals surface area contributed by atoms with Gasteiger partial charge in [0.1, 0.15) is 22.8 Å². The summed E-state index contributed by atoms with van der Waals surface area (Å²) in [5.74, 6) is 0.0937. The molecule has 0 spiro atoms. The first kappa shape index (κ1) is 39.8. The molecule has 2 aromatic carbocycles. The van der Waals surface area contributed by atoms with Crippen LogP contribution in [0, 0.1) is 0 Å². The van der Waals surface area contributed by atoms with E-state index < -0.39 is 11.8 Å². The van der Waals surface area contributed by atoms with Gasteiger partial charge in [0.25, 0.3) is 11.8 Å². The molecule has 0 saturated heterocycles. The van der Waals surface area contributed by atoms with Crippen LogP contribution in [-0.4, -0.2) is 92.1 Å². The Kier molecular flexibility index (Phi) is 12.1. The summed E-state index contributed by atoms with van der Waals surface area (Å²) >= 11 is 0. The second kappa shape index (κ2) is 18.2. The maximum Gasteiger partial charge on any atom is 0.254 e. The van der Waals surface area contributed by atoms with E-state index in [1.54, 1.807) is 24.8 Å². The number of carbonyl (C=O) groups is 2. The minimum absolute atomic E-state index is 0.0318. The van der Waals surface area contributed by atoms with Crippen molar-refractivity contribution in [1.82, 2.24) is 60.6 Å². The van der Waals surface area contributed by atoms with E-state index in [-0.39, 0.29) is 41.5 Å². The fraction of sp³-hybridized carbons (Fsp3) is 0.350. The van der Waals surface area contributed by atoms with Gasteiger partial charge in [0, 0.05) is 47.9 Å². The van der Waals surface area contributed by atoms with E-state index in [0.717, 1.165) is 62.7 Å². The third-order valence-electron chi connectivity index (χ3n) is 10.7. The van der Waals surface area contributed by atoms with Crippen LogP contribution in [0.25, 0.3) is 11.4 Å². The molecule has 310 valence electrons. The first-order valence-electron chi connectivity index (χ1n) is 20.1. The molecule has 8 rings (SSSR count). The number of aromatic nitrogens is 10. The number of amides is 2. The van der Waals surface area contributed by atoms with Crippen molar-refractivity contribution in [3.8, 4) is 11.4 Å². The van der Waals surface area contributed by atoms with Gasteiger partial charge in [-0.2, -0.15) is 40.0 Å². The van der Waals surface area contributed by atoms with Crippen molar-refractivity contribution in [1.29, 1.82) is 0 Å². The van der Waals surface area contributed by atoms with Gasteiger partial charge in [-0.25, -0.2) is 9.97 Å². The molecule has 2 aliphatic rings. The Morgan fingerprint density at radius 2 is 1.02 bits per heavy atom. The zero-order chi connectivity index (χ0) is 41.4. The number of anilines is 6. The molecule has 60 heavy (non-hydrogen) atoms. The van der Waals surface area contributed by atoms with Gasteiger partial charge in [-0.05, 0) is 69.0 Å². The van der Waals surface area contributed by atoms with Crippen LogP contribution >= 0.6 is 0 Å². The molecule has 4 atom stereocenters. The predicted octanol–water partition coefficient (Wildman–Crippen LogP) is 3.78. The first-order valence-corrected chi connectivity index (χ1v) is 20.1. The van der Waals surface area contributed by atoms with Gasteiger partial charge in [-0.15, -0.1) is 0 Å². The number of nitrogens with zero attached hydrogens (tertiary/aromatic N) is 10. The lowest BCUT2D eigenvalue weighted by atomic mass is 9.89. The Hall–Kier alpha value is -7.06. The SMILES string of the molecule is CC(N[C@H]1CCCC[C@H]1Nc1ncc(C(N)=O)c(Nc2cccc(-n3nccn3)c2)n1)N[C@H]1CCCC[C@H]1Nc1ncc(C(N)=O)c(Nc2cccc(-n3nccn3)c2)n1. The monoisotopic (exact) mass is 812 g/mol. The molecule has 0 unspecified atom stereocenters. The van der Waals surface area contributed by atoms with Crippen molar-refractivity contribution in [3.63, 3.8) is 0 Å². The summed E-state index contributed by atoms with van der Waals surface area (Å²) in [5, 5.41) is 38.0. The summed E-state index contributed by atoms with van der Waals surface area (Å²) in [4.78, 5) is 46.2. The minimum atomic E-state index is -0.640. The van der Waals surface area contributed by atoms with E-state index in [1.807, 2.05) is 48.5 Å². The fourth-order valence-electron chi connectivity index (χ4n) is 7.87. The molecule has 2 aliphatic carbocycles. The van der Waals surface area contributed by atoms with Gasteiger partial charge in [0.2, 0.25) is 11.9 Å². The van der Waals surface area contributed by atoms with Crippen LogP contribution in [0.15, 0.2) is 85.7 Å². The second-order valence-corrected chi connectivity index (χ2v) is 15.0. The van der Waals surface area contributed by atoms with Gasteiger partial charge in [0.15, 0.2) is 0 Å². The van der Waals surface area contributed by atoms with Crippen molar-refractivity contribution in [2.24, 2.45) is 11.5 Å². The maximum atomic E-state index is 12.4. The van der Waals surface area contributed by atoms with E-state index in [0.29, 0.717) is 34.9 Å². The van der Waals surface area contributed by atoms with Gasteiger partial charge in [-0.3, -0.25) is 20.2 Å². The number of hydrogen-bond donors (Lipinski definition) is 8. The van der Waals surface area contributed by atoms with Crippen molar-refractivity contribution >= 4 is 46.7 Å². The summed E-state index contributed by atoms with van der Waals surface area (Å²) in [5.41, 5.74) is 14.6. The van der Waals surface area contributed by atoms with Gasteiger partial charge >= 0.3 is 0 Å². The molecule has 2 fully saturated rings. The Labute approximate surface area is 345 Å². The predicted molar refractivity (Wildman–Crippen MR) is 225 cm³/mol. The third kappa shape index (κ3) is 9.62. The molecule has 10 N–H and O–H groups in total. The van der Waals surface area contributed by atoms with Gasteiger partial charge in [0.05, 0.1) is 42.3 Å². The number of primary amides is 2. The molecule has 20 nitrogen and oxygen atoms in total. The third-order valence-corrected chi connectivity index (χ3v) is 10.7. The van der Waals surface area contributed by atoms with Crippen LogP contribution in [-0.2, 0) is 0 Å². The van der Waals surface area contributed by atoms with Gasteiger partial charge < -0.3 is 32.7 Å². The fourth-order valence-corrected chi connectivity index (χ4v) is 7.87. The van der Waals surface area contributed by atoms with Crippen LogP contribution < -0.4 is 43.4 Å². The molecule has 6 aromatic rings. The smallest absolute Gasteiger partial charge is 0.254 e. The van der Waals surface area contributed by atoms with Crippen LogP contribution in [0.4, 0.5) is 34.9 Å². The molecule has 20 heteroatoms. The highest BCUT2D eigenvalue weighted by Gasteiger charge is 2.31. The average molecular weight is 813 g/mol. The molecule has 2 saturated carbocycles. The summed E-state index contributed by atoms with van der Waals surface area (Å²) in [6.45, 7) is 2.14. The summed E-state index contributed by atoms with van der Waals surface area (Å²) in [7, 11) is 0. The van der Waals surface area contributed by atoms with Crippen molar-refractivity contribution in [2.45, 2.75) is 88.6 Å². The standard InChI is InChI=1S/C40H48N18O2/c1-24(49-31-12-2-4-14-33(31)53-39-43-22-29(35(41)59)37(55-39)51-25-8-6-10-27(20-25)57-45-16-17-46-57)50-32-13-3-5-15-34(32)54-40-44-23-30(36(42)60)38(56-40)52-26-9-7-11-28(21-26)58-47-18-19-48-58/h6-11,16-24,31-34,49-50H,2-5,12-15H2,1H3,(H2,41,59)(H2,42,60)(H2,43,51,53,55)(H2,44,52,54,56)/t31-,32-,33+,34+/m0/s1. The Morgan fingerprint density at radius 1 is 0.617 bits per heavy atom. The number of carbonyl (C=O) groups excluding carboxylic acids is 2. The van der Waals surface area contributed by atoms with Crippen molar-refractivity contribution < 1.29 is 9.59 Å².